The van der Waals surface area contributed by atoms with Gasteiger partial charge in [-0.3, -0.25) is 4.98 Å². The SMILES string of the molecule is CCNCc1cncc(-c2cscc2Br)c1. The van der Waals surface area contributed by atoms with Crippen LogP contribution in [0.2, 0.25) is 0 Å². The molecule has 0 aromatic carbocycles. The molecule has 0 aliphatic heterocycles. The minimum absolute atomic E-state index is 0.874. The molecule has 4 heteroatoms. The van der Waals surface area contributed by atoms with E-state index < -0.39 is 0 Å². The van der Waals surface area contributed by atoms with Gasteiger partial charge in [-0.2, -0.15) is 11.3 Å². The molecule has 0 saturated heterocycles. The van der Waals surface area contributed by atoms with Crippen molar-refractivity contribution in [3.8, 4) is 11.1 Å². The second kappa shape index (κ2) is 5.57. The minimum Gasteiger partial charge on any atom is -0.313 e. The van der Waals surface area contributed by atoms with Crippen LogP contribution in [0, 0.1) is 0 Å². The van der Waals surface area contributed by atoms with E-state index in [0.717, 1.165) is 17.6 Å². The van der Waals surface area contributed by atoms with E-state index in [2.05, 4.69) is 50.0 Å². The van der Waals surface area contributed by atoms with Crippen LogP contribution in [0.3, 0.4) is 0 Å². The zero-order valence-corrected chi connectivity index (χ0v) is 11.4. The van der Waals surface area contributed by atoms with Crippen LogP contribution >= 0.6 is 27.3 Å². The van der Waals surface area contributed by atoms with Crippen LogP contribution in [-0.2, 0) is 6.54 Å². The first-order chi connectivity index (χ1) is 7.81. The highest BCUT2D eigenvalue weighted by Gasteiger charge is 2.05. The number of nitrogens with zero attached hydrogens (tertiary/aromatic N) is 1. The fourth-order valence-corrected chi connectivity index (χ4v) is 3.02. The van der Waals surface area contributed by atoms with Gasteiger partial charge in [0.15, 0.2) is 0 Å². The molecule has 0 aliphatic rings. The number of rotatable bonds is 4. The molecule has 84 valence electrons. The summed E-state index contributed by atoms with van der Waals surface area (Å²) < 4.78 is 1.14. The summed E-state index contributed by atoms with van der Waals surface area (Å²) in [5, 5.41) is 7.53. The summed E-state index contributed by atoms with van der Waals surface area (Å²) in [6.07, 6.45) is 3.81. The highest BCUT2D eigenvalue weighted by Crippen LogP contribution is 2.31. The second-order valence-corrected chi connectivity index (χ2v) is 5.09. The molecule has 0 spiro atoms. The van der Waals surface area contributed by atoms with Crippen LogP contribution in [0.4, 0.5) is 0 Å². The second-order valence-electron chi connectivity index (χ2n) is 3.50. The Kier molecular flexibility index (Phi) is 4.09. The molecule has 0 amide bonds. The van der Waals surface area contributed by atoms with Crippen molar-refractivity contribution in [2.45, 2.75) is 13.5 Å². The molecule has 0 fully saturated rings. The maximum Gasteiger partial charge on any atom is 0.0361 e. The summed E-state index contributed by atoms with van der Waals surface area (Å²) in [7, 11) is 0. The molecule has 0 aliphatic carbocycles. The van der Waals surface area contributed by atoms with Crippen molar-refractivity contribution >= 4 is 27.3 Å². The molecule has 2 aromatic rings. The van der Waals surface area contributed by atoms with Crippen molar-refractivity contribution in [2.24, 2.45) is 0 Å². The normalized spacial score (nSPS) is 10.6. The molecule has 0 saturated carbocycles. The Morgan fingerprint density at radius 3 is 2.94 bits per heavy atom. The minimum atomic E-state index is 0.874. The molecule has 2 aromatic heterocycles. The van der Waals surface area contributed by atoms with Gasteiger partial charge >= 0.3 is 0 Å². The fraction of sp³-hybridized carbons (Fsp3) is 0.250. The highest BCUT2D eigenvalue weighted by atomic mass is 79.9. The zero-order valence-electron chi connectivity index (χ0n) is 9.03. The molecule has 0 unspecified atom stereocenters. The third kappa shape index (κ3) is 2.70. The van der Waals surface area contributed by atoms with Crippen LogP contribution in [0.5, 0.6) is 0 Å². The molecular weight excluding hydrogens is 284 g/mol. The number of halogens is 1. The van der Waals surface area contributed by atoms with Crippen molar-refractivity contribution in [3.63, 3.8) is 0 Å². The number of hydrogen-bond acceptors (Lipinski definition) is 3. The average molecular weight is 297 g/mol. The Balaban J connectivity index is 2.26. The topological polar surface area (TPSA) is 24.9 Å². The van der Waals surface area contributed by atoms with E-state index in [9.17, 15) is 0 Å². The number of aromatic nitrogens is 1. The molecule has 2 heterocycles. The predicted molar refractivity (Wildman–Crippen MR) is 72.6 cm³/mol. The van der Waals surface area contributed by atoms with E-state index in [1.54, 1.807) is 11.3 Å². The monoisotopic (exact) mass is 296 g/mol. The van der Waals surface area contributed by atoms with Gasteiger partial charge in [-0.1, -0.05) is 6.92 Å². The van der Waals surface area contributed by atoms with E-state index in [1.807, 2.05) is 12.4 Å². The molecule has 1 N–H and O–H groups in total. The van der Waals surface area contributed by atoms with Gasteiger partial charge in [0.05, 0.1) is 0 Å². The summed E-state index contributed by atoms with van der Waals surface area (Å²) >= 11 is 5.24. The third-order valence-corrected chi connectivity index (χ3v) is 4.00. The highest BCUT2D eigenvalue weighted by molar-refractivity contribution is 9.10. The molecular formula is C12H13BrN2S. The van der Waals surface area contributed by atoms with Crippen molar-refractivity contribution < 1.29 is 0 Å². The van der Waals surface area contributed by atoms with E-state index in [-0.39, 0.29) is 0 Å². The van der Waals surface area contributed by atoms with Crippen LogP contribution < -0.4 is 5.32 Å². The Bertz CT molecular complexity index is 468. The lowest BCUT2D eigenvalue weighted by molar-refractivity contribution is 0.724. The van der Waals surface area contributed by atoms with Gasteiger partial charge in [-0.25, -0.2) is 0 Å². The Hall–Kier alpha value is -0.710. The molecule has 2 rings (SSSR count). The van der Waals surface area contributed by atoms with Crippen molar-refractivity contribution in [2.75, 3.05) is 6.54 Å². The van der Waals surface area contributed by atoms with Crippen molar-refractivity contribution in [1.29, 1.82) is 0 Å². The van der Waals surface area contributed by atoms with Gasteiger partial charge in [0, 0.05) is 39.9 Å². The smallest absolute Gasteiger partial charge is 0.0361 e. The summed E-state index contributed by atoms with van der Waals surface area (Å²) in [6, 6.07) is 2.18. The maximum atomic E-state index is 4.28. The molecule has 0 radical (unpaired) electrons. The van der Waals surface area contributed by atoms with Gasteiger partial charge in [0.1, 0.15) is 0 Å². The average Bonchev–Trinajstić information content (AvgIpc) is 2.73. The van der Waals surface area contributed by atoms with Gasteiger partial charge in [-0.15, -0.1) is 0 Å². The number of thiophene rings is 1. The summed E-state index contributed by atoms with van der Waals surface area (Å²) in [6.45, 7) is 3.96. The standard InChI is InChI=1S/C12H13BrN2S/c1-2-14-4-9-3-10(6-15-5-9)11-7-16-8-12(11)13/h3,5-8,14H,2,4H2,1H3. The quantitative estimate of drug-likeness (QED) is 0.931. The van der Waals surface area contributed by atoms with Crippen LogP contribution in [-0.4, -0.2) is 11.5 Å². The number of pyridine rings is 1. The van der Waals surface area contributed by atoms with Gasteiger partial charge in [-0.05, 0) is 39.5 Å². The first kappa shape index (κ1) is 11.8. The lowest BCUT2D eigenvalue weighted by Crippen LogP contribution is -2.11. The zero-order chi connectivity index (χ0) is 11.4. The van der Waals surface area contributed by atoms with E-state index >= 15 is 0 Å². The van der Waals surface area contributed by atoms with Crippen LogP contribution in [0.1, 0.15) is 12.5 Å². The van der Waals surface area contributed by atoms with Crippen molar-refractivity contribution in [1.82, 2.24) is 10.3 Å². The fourth-order valence-electron chi connectivity index (χ4n) is 1.49. The first-order valence-corrected chi connectivity index (χ1v) is 6.91. The van der Waals surface area contributed by atoms with E-state index in [0.29, 0.717) is 0 Å². The predicted octanol–water partition coefficient (Wildman–Crippen LogP) is 3.68. The largest absolute Gasteiger partial charge is 0.313 e. The van der Waals surface area contributed by atoms with Crippen LogP contribution in [0.15, 0.2) is 33.7 Å². The van der Waals surface area contributed by atoms with Crippen LogP contribution in [0.25, 0.3) is 11.1 Å². The van der Waals surface area contributed by atoms with Gasteiger partial charge < -0.3 is 5.32 Å². The van der Waals surface area contributed by atoms with Crippen molar-refractivity contribution in [3.05, 3.63) is 39.3 Å². The van der Waals surface area contributed by atoms with Gasteiger partial charge in [0.2, 0.25) is 0 Å². The molecule has 0 atom stereocenters. The summed E-state index contributed by atoms with van der Waals surface area (Å²) in [4.78, 5) is 4.28. The first-order valence-electron chi connectivity index (χ1n) is 5.18. The van der Waals surface area contributed by atoms with E-state index in [4.69, 9.17) is 0 Å². The summed E-state index contributed by atoms with van der Waals surface area (Å²) in [5.74, 6) is 0. The number of nitrogens with one attached hydrogen (secondary N) is 1. The lowest BCUT2D eigenvalue weighted by atomic mass is 10.1. The maximum absolute atomic E-state index is 4.28. The Morgan fingerprint density at radius 1 is 1.38 bits per heavy atom. The third-order valence-electron chi connectivity index (χ3n) is 2.30. The van der Waals surface area contributed by atoms with E-state index in [1.165, 1.54) is 16.7 Å². The molecule has 0 bridgehead atoms. The summed E-state index contributed by atoms with van der Waals surface area (Å²) in [5.41, 5.74) is 3.61. The Labute approximate surface area is 108 Å². The lowest BCUT2D eigenvalue weighted by Gasteiger charge is -2.04. The molecule has 16 heavy (non-hydrogen) atoms. The number of hydrogen-bond donors (Lipinski definition) is 1. The Morgan fingerprint density at radius 2 is 2.25 bits per heavy atom. The molecule has 2 nitrogen and oxygen atoms in total. The van der Waals surface area contributed by atoms with Gasteiger partial charge in [0.25, 0.3) is 0 Å².